The van der Waals surface area contributed by atoms with E-state index in [-0.39, 0.29) is 11.3 Å². The smallest absolute Gasteiger partial charge is 0.300 e. The van der Waals surface area contributed by atoms with Crippen LogP contribution in [0.15, 0.2) is 12.3 Å². The minimum Gasteiger partial charge on any atom is -0.373 e. The number of aromatic nitrogens is 1. The number of thioether (sulfide) groups is 1. The van der Waals surface area contributed by atoms with Crippen LogP contribution in [0.25, 0.3) is 0 Å². The summed E-state index contributed by atoms with van der Waals surface area (Å²) in [4.78, 5) is 26.5. The second kappa shape index (κ2) is 7.26. The molecule has 2 heterocycles. The molecular formula is C13H18N4O3S. The van der Waals surface area contributed by atoms with E-state index < -0.39 is 10.8 Å². The number of hydrogen-bond donors (Lipinski definition) is 2. The summed E-state index contributed by atoms with van der Waals surface area (Å²) < 4.78 is 0. The molecule has 1 amide bonds. The summed E-state index contributed by atoms with van der Waals surface area (Å²) in [5, 5.41) is 17.0. The molecule has 1 saturated heterocycles. The van der Waals surface area contributed by atoms with Crippen molar-refractivity contribution in [3.8, 4) is 0 Å². The van der Waals surface area contributed by atoms with Gasteiger partial charge in [0, 0.05) is 24.9 Å². The van der Waals surface area contributed by atoms with Crippen LogP contribution in [-0.4, -0.2) is 40.4 Å². The zero-order chi connectivity index (χ0) is 15.2. The summed E-state index contributed by atoms with van der Waals surface area (Å²) in [7, 11) is 1.65. The maximum absolute atomic E-state index is 12.2. The van der Waals surface area contributed by atoms with Gasteiger partial charge >= 0.3 is 0 Å². The first-order valence-corrected chi connectivity index (χ1v) is 7.88. The average Bonchev–Trinajstić information content (AvgIpc) is 2.52. The van der Waals surface area contributed by atoms with Gasteiger partial charge in [-0.05, 0) is 18.6 Å². The van der Waals surface area contributed by atoms with E-state index in [1.165, 1.54) is 18.9 Å². The lowest BCUT2D eigenvalue weighted by Crippen LogP contribution is -2.32. The van der Waals surface area contributed by atoms with Crippen LogP contribution in [0.1, 0.15) is 29.6 Å². The highest BCUT2D eigenvalue weighted by Gasteiger charge is 2.22. The number of amides is 1. The zero-order valence-corrected chi connectivity index (χ0v) is 12.6. The van der Waals surface area contributed by atoms with Gasteiger partial charge in [0.2, 0.25) is 0 Å². The Balaban J connectivity index is 2.07. The van der Waals surface area contributed by atoms with E-state index in [0.29, 0.717) is 17.6 Å². The largest absolute Gasteiger partial charge is 0.373 e. The van der Waals surface area contributed by atoms with E-state index in [4.69, 9.17) is 0 Å². The molecule has 0 radical (unpaired) electrons. The molecule has 114 valence electrons. The number of pyridine rings is 1. The summed E-state index contributed by atoms with van der Waals surface area (Å²) in [6.45, 7) is 0.540. The predicted molar refractivity (Wildman–Crippen MR) is 82.9 cm³/mol. The number of carbonyl (C=O) groups is 1. The van der Waals surface area contributed by atoms with E-state index >= 15 is 0 Å². The zero-order valence-electron chi connectivity index (χ0n) is 11.8. The first kappa shape index (κ1) is 15.6. The highest BCUT2D eigenvalue weighted by molar-refractivity contribution is 7.99. The number of carbonyl (C=O) groups excluding carboxylic acids is 1. The van der Waals surface area contributed by atoms with Crippen LogP contribution in [0, 0.1) is 10.1 Å². The Bertz CT molecular complexity index is 532. The maximum Gasteiger partial charge on any atom is 0.300 e. The van der Waals surface area contributed by atoms with Crippen molar-refractivity contribution < 1.29 is 9.72 Å². The van der Waals surface area contributed by atoms with Crippen LogP contribution in [0.2, 0.25) is 0 Å². The summed E-state index contributed by atoms with van der Waals surface area (Å²) in [5.41, 5.74) is -0.233. The predicted octanol–water partition coefficient (Wildman–Crippen LogP) is 2.05. The molecule has 0 aromatic carbocycles. The molecule has 7 nitrogen and oxygen atoms in total. The molecule has 1 aliphatic rings. The highest BCUT2D eigenvalue weighted by atomic mass is 32.2. The van der Waals surface area contributed by atoms with Crippen LogP contribution in [0.5, 0.6) is 0 Å². The van der Waals surface area contributed by atoms with Crippen molar-refractivity contribution >= 4 is 29.2 Å². The molecule has 0 saturated carbocycles. The lowest BCUT2D eigenvalue weighted by Gasteiger charge is -2.21. The van der Waals surface area contributed by atoms with E-state index in [1.807, 2.05) is 11.8 Å². The van der Waals surface area contributed by atoms with E-state index in [9.17, 15) is 14.9 Å². The van der Waals surface area contributed by atoms with Crippen molar-refractivity contribution in [2.24, 2.45) is 0 Å². The van der Waals surface area contributed by atoms with Gasteiger partial charge in [-0.25, -0.2) is 4.98 Å². The third-order valence-corrected chi connectivity index (χ3v) is 4.74. The topological polar surface area (TPSA) is 97.2 Å². The minimum absolute atomic E-state index is 0.0418. The molecular weight excluding hydrogens is 292 g/mol. The van der Waals surface area contributed by atoms with E-state index in [0.717, 1.165) is 18.4 Å². The Hall–Kier alpha value is -1.83. The van der Waals surface area contributed by atoms with Crippen LogP contribution in [0.3, 0.4) is 0 Å². The molecule has 8 heteroatoms. The van der Waals surface area contributed by atoms with Gasteiger partial charge in [0.15, 0.2) is 0 Å². The standard InChI is InChI=1S/C13H18N4O3S/c1-14-12-6-10(11(8-15-12)17(19)20)13(18)16-7-9-4-2-3-5-21-9/h6,8-9H,2-5,7H2,1H3,(H,14,15)(H,16,18). The lowest BCUT2D eigenvalue weighted by atomic mass is 10.1. The van der Waals surface area contributed by atoms with E-state index in [1.54, 1.807) is 7.05 Å². The van der Waals surface area contributed by atoms with Gasteiger partial charge in [-0.15, -0.1) is 0 Å². The number of nitrogens with zero attached hydrogens (tertiary/aromatic N) is 2. The number of anilines is 1. The molecule has 1 aliphatic heterocycles. The number of nitrogens with one attached hydrogen (secondary N) is 2. The first-order valence-electron chi connectivity index (χ1n) is 6.84. The third-order valence-electron chi connectivity index (χ3n) is 3.34. The van der Waals surface area contributed by atoms with Crippen LogP contribution >= 0.6 is 11.8 Å². The third kappa shape index (κ3) is 4.07. The summed E-state index contributed by atoms with van der Waals surface area (Å²) in [6.07, 6.45) is 4.57. The lowest BCUT2D eigenvalue weighted by molar-refractivity contribution is -0.385. The molecule has 2 rings (SSSR count). The quantitative estimate of drug-likeness (QED) is 0.638. The normalized spacial score (nSPS) is 18.0. The van der Waals surface area contributed by atoms with Crippen LogP contribution in [-0.2, 0) is 0 Å². The second-order valence-corrected chi connectivity index (χ2v) is 6.20. The van der Waals surface area contributed by atoms with Crippen LogP contribution in [0.4, 0.5) is 11.5 Å². The fourth-order valence-corrected chi connectivity index (χ4v) is 3.42. The summed E-state index contributed by atoms with van der Waals surface area (Å²) in [6, 6.07) is 1.40. The molecule has 1 fully saturated rings. The van der Waals surface area contributed by atoms with Gasteiger partial charge in [-0.1, -0.05) is 6.42 Å². The highest BCUT2D eigenvalue weighted by Crippen LogP contribution is 2.25. The molecule has 1 aromatic rings. The second-order valence-electron chi connectivity index (χ2n) is 4.79. The molecule has 1 aromatic heterocycles. The number of nitro groups is 1. The Morgan fingerprint density at radius 3 is 3.00 bits per heavy atom. The van der Waals surface area contributed by atoms with Gasteiger partial charge in [-0.2, -0.15) is 11.8 Å². The fraction of sp³-hybridized carbons (Fsp3) is 0.538. The van der Waals surface area contributed by atoms with Crippen molar-refractivity contribution in [3.63, 3.8) is 0 Å². The van der Waals surface area contributed by atoms with Crippen molar-refractivity contribution in [3.05, 3.63) is 27.9 Å². The van der Waals surface area contributed by atoms with Gasteiger partial charge in [0.05, 0.1) is 4.92 Å². The molecule has 1 unspecified atom stereocenters. The number of rotatable bonds is 5. The van der Waals surface area contributed by atoms with E-state index in [2.05, 4.69) is 15.6 Å². The summed E-state index contributed by atoms with van der Waals surface area (Å²) in [5.74, 6) is 1.12. The van der Waals surface area contributed by atoms with Gasteiger partial charge < -0.3 is 10.6 Å². The Morgan fingerprint density at radius 2 is 2.38 bits per heavy atom. The van der Waals surface area contributed by atoms with Gasteiger partial charge in [0.25, 0.3) is 11.6 Å². The SMILES string of the molecule is CNc1cc(C(=O)NCC2CCCCS2)c([N+](=O)[O-])cn1. The molecule has 21 heavy (non-hydrogen) atoms. The molecule has 1 atom stereocenters. The minimum atomic E-state index is -0.587. The van der Waals surface area contributed by atoms with Crippen molar-refractivity contribution in [2.45, 2.75) is 24.5 Å². The summed E-state index contributed by atoms with van der Waals surface area (Å²) >= 11 is 1.85. The van der Waals surface area contributed by atoms with Crippen LogP contribution < -0.4 is 10.6 Å². The van der Waals surface area contributed by atoms with Crippen molar-refractivity contribution in [1.82, 2.24) is 10.3 Å². The van der Waals surface area contributed by atoms with Gasteiger partial charge in [0.1, 0.15) is 17.6 Å². The molecule has 0 spiro atoms. The van der Waals surface area contributed by atoms with Gasteiger partial charge in [-0.3, -0.25) is 14.9 Å². The Labute approximate surface area is 127 Å². The average molecular weight is 310 g/mol. The van der Waals surface area contributed by atoms with Crippen molar-refractivity contribution in [2.75, 3.05) is 24.7 Å². The van der Waals surface area contributed by atoms with Crippen molar-refractivity contribution in [1.29, 1.82) is 0 Å². The molecule has 2 N–H and O–H groups in total. The number of hydrogen-bond acceptors (Lipinski definition) is 6. The Kier molecular flexibility index (Phi) is 5.38. The monoisotopic (exact) mass is 310 g/mol. The Morgan fingerprint density at radius 1 is 1.57 bits per heavy atom. The maximum atomic E-state index is 12.2. The molecule has 0 bridgehead atoms. The fourth-order valence-electron chi connectivity index (χ4n) is 2.18. The first-order chi connectivity index (χ1) is 10.1. The molecule has 0 aliphatic carbocycles.